The second-order valence-corrected chi connectivity index (χ2v) is 4.95. The average Bonchev–Trinajstić information content (AvgIpc) is 2.37. The molecule has 1 amide bonds. The maximum absolute atomic E-state index is 11.6. The Morgan fingerprint density at radius 3 is 3.00 bits per heavy atom. The van der Waals surface area contributed by atoms with Crippen molar-refractivity contribution in [1.82, 2.24) is 0 Å². The lowest BCUT2D eigenvalue weighted by molar-refractivity contribution is -0.121. The second-order valence-electron chi connectivity index (χ2n) is 4.51. The Morgan fingerprint density at radius 1 is 1.56 bits per heavy atom. The van der Waals surface area contributed by atoms with Crippen molar-refractivity contribution in [3.63, 3.8) is 0 Å². The number of anilines is 1. The normalized spacial score (nSPS) is 21.3. The number of hydrogen-bond acceptors (Lipinski definition) is 3. The lowest BCUT2D eigenvalue weighted by atomic mass is 9.93. The van der Waals surface area contributed by atoms with Gasteiger partial charge in [-0.3, -0.25) is 4.79 Å². The van der Waals surface area contributed by atoms with Crippen LogP contribution in [0.1, 0.15) is 12.8 Å². The standard InChI is InChI=1S/C13H17ClN2O2/c14-10-4-1-5-11(7-10)16-12(13(15)17)9-3-2-6-18-8-9/h1,4-5,7,9,12,16H,2-3,6,8H2,(H2,15,17). The zero-order valence-electron chi connectivity index (χ0n) is 10.1. The number of primary amides is 1. The van der Waals surface area contributed by atoms with E-state index in [-0.39, 0.29) is 11.8 Å². The van der Waals surface area contributed by atoms with Gasteiger partial charge in [-0.1, -0.05) is 17.7 Å². The number of benzene rings is 1. The molecule has 1 heterocycles. The third-order valence-electron chi connectivity index (χ3n) is 3.12. The molecule has 1 aliphatic rings. The first-order chi connectivity index (χ1) is 8.66. The van der Waals surface area contributed by atoms with Crippen LogP contribution in [0.3, 0.4) is 0 Å². The van der Waals surface area contributed by atoms with Crippen molar-refractivity contribution in [1.29, 1.82) is 0 Å². The summed E-state index contributed by atoms with van der Waals surface area (Å²) in [6.45, 7) is 1.33. The van der Waals surface area contributed by atoms with E-state index in [1.807, 2.05) is 12.1 Å². The summed E-state index contributed by atoms with van der Waals surface area (Å²) in [5.41, 5.74) is 6.27. The highest BCUT2D eigenvalue weighted by Crippen LogP contribution is 2.22. The van der Waals surface area contributed by atoms with E-state index in [4.69, 9.17) is 22.1 Å². The van der Waals surface area contributed by atoms with E-state index >= 15 is 0 Å². The Bertz CT molecular complexity index is 419. The summed E-state index contributed by atoms with van der Waals surface area (Å²) in [7, 11) is 0. The van der Waals surface area contributed by atoms with Crippen LogP contribution in [0.5, 0.6) is 0 Å². The van der Waals surface area contributed by atoms with Gasteiger partial charge in [-0.15, -0.1) is 0 Å². The number of ether oxygens (including phenoxy) is 1. The molecule has 5 heteroatoms. The maximum atomic E-state index is 11.6. The van der Waals surface area contributed by atoms with Gasteiger partial charge in [-0.2, -0.15) is 0 Å². The van der Waals surface area contributed by atoms with E-state index in [0.29, 0.717) is 11.6 Å². The quantitative estimate of drug-likeness (QED) is 0.878. The number of rotatable bonds is 4. The minimum Gasteiger partial charge on any atom is -0.381 e. The predicted octanol–water partition coefficient (Wildman–Crippen LogP) is 2.03. The largest absolute Gasteiger partial charge is 0.381 e. The first-order valence-corrected chi connectivity index (χ1v) is 6.44. The second kappa shape index (κ2) is 6.07. The van der Waals surface area contributed by atoms with Crippen molar-refractivity contribution in [2.75, 3.05) is 18.5 Å². The van der Waals surface area contributed by atoms with Gasteiger partial charge in [0.15, 0.2) is 0 Å². The van der Waals surface area contributed by atoms with Gasteiger partial charge in [0.1, 0.15) is 6.04 Å². The van der Waals surface area contributed by atoms with E-state index in [1.54, 1.807) is 12.1 Å². The number of hydrogen-bond donors (Lipinski definition) is 2. The molecule has 98 valence electrons. The summed E-state index contributed by atoms with van der Waals surface area (Å²) < 4.78 is 5.40. The summed E-state index contributed by atoms with van der Waals surface area (Å²) >= 11 is 5.91. The smallest absolute Gasteiger partial charge is 0.240 e. The monoisotopic (exact) mass is 268 g/mol. The number of carbonyl (C=O) groups excluding carboxylic acids is 1. The van der Waals surface area contributed by atoms with Crippen LogP contribution in [-0.4, -0.2) is 25.2 Å². The Labute approximate surface area is 111 Å². The van der Waals surface area contributed by atoms with Crippen LogP contribution in [0.15, 0.2) is 24.3 Å². The van der Waals surface area contributed by atoms with E-state index in [9.17, 15) is 4.79 Å². The molecule has 4 nitrogen and oxygen atoms in total. The van der Waals surface area contributed by atoms with Crippen LogP contribution >= 0.6 is 11.6 Å². The van der Waals surface area contributed by atoms with E-state index in [2.05, 4.69) is 5.32 Å². The molecule has 0 aromatic heterocycles. The van der Waals surface area contributed by atoms with Gasteiger partial charge in [0, 0.05) is 23.2 Å². The van der Waals surface area contributed by atoms with Crippen molar-refractivity contribution in [3.05, 3.63) is 29.3 Å². The van der Waals surface area contributed by atoms with Crippen molar-refractivity contribution in [3.8, 4) is 0 Å². The van der Waals surface area contributed by atoms with Crippen LogP contribution in [0.4, 0.5) is 5.69 Å². The molecule has 0 aliphatic carbocycles. The lowest BCUT2D eigenvalue weighted by Crippen LogP contribution is -2.44. The summed E-state index contributed by atoms with van der Waals surface area (Å²) in [6, 6.07) is 6.85. The Kier molecular flexibility index (Phi) is 4.44. The van der Waals surface area contributed by atoms with E-state index < -0.39 is 6.04 Å². The van der Waals surface area contributed by atoms with Crippen molar-refractivity contribution >= 4 is 23.2 Å². The summed E-state index contributed by atoms with van der Waals surface area (Å²) in [5, 5.41) is 3.78. The van der Waals surface area contributed by atoms with Gasteiger partial charge in [-0.25, -0.2) is 0 Å². The fourth-order valence-corrected chi connectivity index (χ4v) is 2.40. The first kappa shape index (κ1) is 13.2. The Morgan fingerprint density at radius 2 is 2.39 bits per heavy atom. The zero-order chi connectivity index (χ0) is 13.0. The number of amides is 1. The van der Waals surface area contributed by atoms with Gasteiger partial charge in [0.25, 0.3) is 0 Å². The van der Waals surface area contributed by atoms with Crippen molar-refractivity contribution in [2.24, 2.45) is 11.7 Å². The molecule has 3 N–H and O–H groups in total. The molecule has 1 saturated heterocycles. The lowest BCUT2D eigenvalue weighted by Gasteiger charge is -2.29. The molecule has 1 aliphatic heterocycles. The van der Waals surface area contributed by atoms with Gasteiger partial charge in [-0.05, 0) is 31.0 Å². The molecule has 18 heavy (non-hydrogen) atoms. The molecule has 0 radical (unpaired) electrons. The van der Waals surface area contributed by atoms with Crippen LogP contribution in [0, 0.1) is 5.92 Å². The molecule has 1 aromatic carbocycles. The van der Waals surface area contributed by atoms with Gasteiger partial charge in [0.2, 0.25) is 5.91 Å². The topological polar surface area (TPSA) is 64.4 Å². The molecule has 1 fully saturated rings. The molecule has 0 saturated carbocycles. The molecule has 0 bridgehead atoms. The highest BCUT2D eigenvalue weighted by molar-refractivity contribution is 6.30. The summed E-state index contributed by atoms with van der Waals surface area (Å²) in [5.74, 6) is -0.235. The molecular formula is C13H17ClN2O2. The molecule has 1 aromatic rings. The van der Waals surface area contributed by atoms with Crippen LogP contribution < -0.4 is 11.1 Å². The SMILES string of the molecule is NC(=O)C(Nc1cccc(Cl)c1)C1CCCOC1. The number of nitrogens with one attached hydrogen (secondary N) is 1. The van der Waals surface area contributed by atoms with Gasteiger partial charge < -0.3 is 15.8 Å². The number of halogens is 1. The van der Waals surface area contributed by atoms with E-state index in [1.165, 1.54) is 0 Å². The van der Waals surface area contributed by atoms with E-state index in [0.717, 1.165) is 25.1 Å². The molecule has 0 spiro atoms. The van der Waals surface area contributed by atoms with Crippen molar-refractivity contribution < 1.29 is 9.53 Å². The van der Waals surface area contributed by atoms with Gasteiger partial charge in [0.05, 0.1) is 6.61 Å². The third kappa shape index (κ3) is 3.37. The fourth-order valence-electron chi connectivity index (χ4n) is 2.21. The van der Waals surface area contributed by atoms with Crippen LogP contribution in [0.2, 0.25) is 5.02 Å². The maximum Gasteiger partial charge on any atom is 0.240 e. The third-order valence-corrected chi connectivity index (χ3v) is 3.36. The first-order valence-electron chi connectivity index (χ1n) is 6.06. The van der Waals surface area contributed by atoms with Crippen LogP contribution in [-0.2, 0) is 9.53 Å². The summed E-state index contributed by atoms with van der Waals surface area (Å²) in [4.78, 5) is 11.6. The highest BCUT2D eigenvalue weighted by Gasteiger charge is 2.28. The number of carbonyl (C=O) groups is 1. The predicted molar refractivity (Wildman–Crippen MR) is 71.6 cm³/mol. The number of nitrogens with two attached hydrogens (primary N) is 1. The minimum absolute atomic E-state index is 0.121. The zero-order valence-corrected chi connectivity index (χ0v) is 10.8. The Balaban J connectivity index is 2.08. The minimum atomic E-state index is -0.413. The Hall–Kier alpha value is -1.26. The molecule has 2 unspecified atom stereocenters. The fraction of sp³-hybridized carbons (Fsp3) is 0.462. The van der Waals surface area contributed by atoms with Gasteiger partial charge >= 0.3 is 0 Å². The molecule has 2 rings (SSSR count). The highest BCUT2D eigenvalue weighted by atomic mass is 35.5. The molecular weight excluding hydrogens is 252 g/mol. The average molecular weight is 269 g/mol. The van der Waals surface area contributed by atoms with Crippen molar-refractivity contribution in [2.45, 2.75) is 18.9 Å². The molecule has 2 atom stereocenters. The van der Waals surface area contributed by atoms with Crippen LogP contribution in [0.25, 0.3) is 0 Å². The summed E-state index contributed by atoms with van der Waals surface area (Å²) in [6.07, 6.45) is 1.91.